The summed E-state index contributed by atoms with van der Waals surface area (Å²) in [6.45, 7) is 0. The van der Waals surface area contributed by atoms with Crippen LogP contribution in [0.4, 0.5) is 5.69 Å². The minimum atomic E-state index is -0.805. The predicted molar refractivity (Wildman–Crippen MR) is 84.3 cm³/mol. The molecule has 120 valence electrons. The van der Waals surface area contributed by atoms with E-state index in [1.807, 2.05) is 0 Å². The Morgan fingerprint density at radius 2 is 1.75 bits per heavy atom. The topological polar surface area (TPSA) is 113 Å². The molecule has 8 nitrogen and oxygen atoms in total. The molecule has 0 radical (unpaired) electrons. The number of hydrogen-bond acceptors (Lipinski definition) is 6. The molecule has 9 heteroatoms. The molecule has 1 heterocycles. The molecule has 2 aromatic carbocycles. The summed E-state index contributed by atoms with van der Waals surface area (Å²) in [5.41, 5.74) is -0.279. The lowest BCUT2D eigenvalue weighted by Crippen LogP contribution is -2.24. The molecule has 0 aliphatic carbocycles. The van der Waals surface area contributed by atoms with Gasteiger partial charge in [0, 0.05) is 16.7 Å². The number of nitro benzene ring substituents is 1. The first kappa shape index (κ1) is 15.6. The van der Waals surface area contributed by atoms with Gasteiger partial charge < -0.3 is 5.11 Å². The van der Waals surface area contributed by atoms with Crippen LogP contribution in [-0.4, -0.2) is 33.1 Å². The molecule has 24 heavy (non-hydrogen) atoms. The number of fused-ring (bicyclic) bond motifs is 1. The highest BCUT2D eigenvalue weighted by Crippen LogP contribution is 2.32. The van der Waals surface area contributed by atoms with Gasteiger partial charge >= 0.3 is 5.69 Å². The number of phenols is 1. The summed E-state index contributed by atoms with van der Waals surface area (Å²) < 4.78 is 0. The third kappa shape index (κ3) is 2.48. The van der Waals surface area contributed by atoms with E-state index in [9.17, 15) is 24.8 Å². The van der Waals surface area contributed by atoms with E-state index in [0.717, 1.165) is 12.3 Å². The third-order valence-electron chi connectivity index (χ3n) is 3.37. The van der Waals surface area contributed by atoms with Gasteiger partial charge in [-0.05, 0) is 18.2 Å². The SMILES string of the molecule is O=C1c2ccccc2C(=O)N1/N=C/c1cc(Cl)cc([N+](=O)[O-])c1O. The molecule has 1 aliphatic rings. The quantitative estimate of drug-likeness (QED) is 0.397. The highest BCUT2D eigenvalue weighted by Gasteiger charge is 2.35. The van der Waals surface area contributed by atoms with Gasteiger partial charge in [0.1, 0.15) is 0 Å². The van der Waals surface area contributed by atoms with Crippen molar-refractivity contribution in [1.82, 2.24) is 5.01 Å². The molecular formula is C15H8ClN3O5. The van der Waals surface area contributed by atoms with Crippen LogP contribution in [0.2, 0.25) is 5.02 Å². The number of nitro groups is 1. The monoisotopic (exact) mass is 345 g/mol. The predicted octanol–water partition coefficient (Wildman–Crippen LogP) is 2.58. The van der Waals surface area contributed by atoms with Crippen molar-refractivity contribution in [2.45, 2.75) is 0 Å². The molecule has 0 saturated heterocycles. The van der Waals surface area contributed by atoms with Crippen molar-refractivity contribution in [3.8, 4) is 5.75 Å². The summed E-state index contributed by atoms with van der Waals surface area (Å²) in [6.07, 6.45) is 0.968. The number of halogens is 1. The number of imide groups is 1. The van der Waals surface area contributed by atoms with E-state index in [0.29, 0.717) is 5.01 Å². The smallest absolute Gasteiger partial charge is 0.312 e. The molecule has 1 N–H and O–H groups in total. The summed E-state index contributed by atoms with van der Waals surface area (Å²) in [7, 11) is 0. The van der Waals surface area contributed by atoms with Crippen molar-refractivity contribution in [3.05, 3.63) is 68.2 Å². The molecule has 0 spiro atoms. The van der Waals surface area contributed by atoms with Crippen LogP contribution in [-0.2, 0) is 0 Å². The number of phenolic OH excluding ortho intramolecular Hbond substituents is 1. The molecule has 3 rings (SSSR count). The lowest BCUT2D eigenvalue weighted by molar-refractivity contribution is -0.385. The summed E-state index contributed by atoms with van der Waals surface area (Å²) in [4.78, 5) is 34.4. The van der Waals surface area contributed by atoms with E-state index in [1.54, 1.807) is 12.1 Å². The van der Waals surface area contributed by atoms with Crippen LogP contribution in [0.3, 0.4) is 0 Å². The van der Waals surface area contributed by atoms with E-state index in [1.165, 1.54) is 18.2 Å². The Bertz CT molecular complexity index is 890. The lowest BCUT2D eigenvalue weighted by atomic mass is 10.1. The average molecular weight is 346 g/mol. The number of carbonyl (C=O) groups is 2. The van der Waals surface area contributed by atoms with Crippen LogP contribution < -0.4 is 0 Å². The van der Waals surface area contributed by atoms with Gasteiger partial charge in [-0.2, -0.15) is 10.1 Å². The highest BCUT2D eigenvalue weighted by atomic mass is 35.5. The number of aromatic hydroxyl groups is 1. The lowest BCUT2D eigenvalue weighted by Gasteiger charge is -2.06. The number of rotatable bonds is 3. The summed E-state index contributed by atoms with van der Waals surface area (Å²) in [6, 6.07) is 8.42. The zero-order valence-electron chi connectivity index (χ0n) is 11.8. The third-order valence-corrected chi connectivity index (χ3v) is 3.58. The second-order valence-corrected chi connectivity index (χ2v) is 5.27. The van der Waals surface area contributed by atoms with Gasteiger partial charge in [-0.3, -0.25) is 19.7 Å². The van der Waals surface area contributed by atoms with Crippen LogP contribution in [0.1, 0.15) is 26.3 Å². The summed E-state index contributed by atoms with van der Waals surface area (Å²) in [5, 5.41) is 25.1. The van der Waals surface area contributed by atoms with Crippen LogP contribution in [0.25, 0.3) is 0 Å². The molecule has 1 aliphatic heterocycles. The molecule has 2 aromatic rings. The Hall–Kier alpha value is -3.26. The first-order chi connectivity index (χ1) is 11.4. The van der Waals surface area contributed by atoms with Crippen LogP contribution in [0.5, 0.6) is 5.75 Å². The van der Waals surface area contributed by atoms with Crippen molar-refractivity contribution in [1.29, 1.82) is 0 Å². The zero-order chi connectivity index (χ0) is 17.4. The fraction of sp³-hybridized carbons (Fsp3) is 0. The Balaban J connectivity index is 1.97. The molecule has 2 amide bonds. The maximum Gasteiger partial charge on any atom is 0.312 e. The number of hydrogen-bond donors (Lipinski definition) is 1. The maximum absolute atomic E-state index is 12.1. The van der Waals surface area contributed by atoms with Gasteiger partial charge in [0.15, 0.2) is 0 Å². The molecule has 0 unspecified atom stereocenters. The largest absolute Gasteiger partial charge is 0.502 e. The number of nitrogens with zero attached hydrogens (tertiary/aromatic N) is 3. The minimum Gasteiger partial charge on any atom is -0.502 e. The van der Waals surface area contributed by atoms with Crippen molar-refractivity contribution < 1.29 is 19.6 Å². The number of amides is 2. The van der Waals surface area contributed by atoms with Gasteiger partial charge in [0.25, 0.3) is 11.8 Å². The minimum absolute atomic E-state index is 0.00307. The van der Waals surface area contributed by atoms with Crippen LogP contribution in [0, 0.1) is 10.1 Å². The van der Waals surface area contributed by atoms with E-state index in [4.69, 9.17) is 11.6 Å². The van der Waals surface area contributed by atoms with Crippen LogP contribution >= 0.6 is 11.6 Å². The number of benzene rings is 2. The maximum atomic E-state index is 12.1. The van der Waals surface area contributed by atoms with Crippen molar-refractivity contribution in [2.75, 3.05) is 0 Å². The Morgan fingerprint density at radius 3 is 2.29 bits per heavy atom. The van der Waals surface area contributed by atoms with Gasteiger partial charge in [-0.25, -0.2) is 0 Å². The fourth-order valence-corrected chi connectivity index (χ4v) is 2.47. The van der Waals surface area contributed by atoms with E-state index in [-0.39, 0.29) is 21.7 Å². The summed E-state index contributed by atoms with van der Waals surface area (Å²) in [5.74, 6) is -1.91. The Labute approximate surface area is 139 Å². The molecule has 0 bridgehead atoms. The first-order valence-corrected chi connectivity index (χ1v) is 6.96. The van der Waals surface area contributed by atoms with Gasteiger partial charge in [0.2, 0.25) is 5.75 Å². The van der Waals surface area contributed by atoms with Gasteiger partial charge in [0.05, 0.1) is 22.3 Å². The molecule has 0 atom stereocenters. The molecule has 0 fully saturated rings. The second kappa shape index (κ2) is 5.74. The van der Waals surface area contributed by atoms with Crippen LogP contribution in [0.15, 0.2) is 41.5 Å². The van der Waals surface area contributed by atoms with Gasteiger partial charge in [-0.15, -0.1) is 0 Å². The number of hydrazone groups is 1. The second-order valence-electron chi connectivity index (χ2n) is 4.83. The number of carbonyl (C=O) groups excluding carboxylic acids is 2. The standard InChI is InChI=1S/C15H8ClN3O5/c16-9-5-8(13(20)12(6-9)19(23)24)7-17-18-14(21)10-3-1-2-4-11(10)15(18)22/h1-7,20H/b17-7+. The molecule has 0 aromatic heterocycles. The first-order valence-electron chi connectivity index (χ1n) is 6.59. The Kier molecular flexibility index (Phi) is 3.74. The van der Waals surface area contributed by atoms with E-state index in [2.05, 4.69) is 5.10 Å². The average Bonchev–Trinajstić information content (AvgIpc) is 2.79. The zero-order valence-corrected chi connectivity index (χ0v) is 12.6. The van der Waals surface area contributed by atoms with Crippen molar-refractivity contribution in [2.24, 2.45) is 5.10 Å². The van der Waals surface area contributed by atoms with Gasteiger partial charge in [-0.1, -0.05) is 23.7 Å². The van der Waals surface area contributed by atoms with E-state index >= 15 is 0 Å². The summed E-state index contributed by atoms with van der Waals surface area (Å²) >= 11 is 5.77. The van der Waals surface area contributed by atoms with Crippen molar-refractivity contribution in [3.63, 3.8) is 0 Å². The Morgan fingerprint density at radius 1 is 1.17 bits per heavy atom. The molecule has 0 saturated carbocycles. The highest BCUT2D eigenvalue weighted by molar-refractivity contribution is 6.31. The van der Waals surface area contributed by atoms with E-state index < -0.39 is 28.2 Å². The molecular weight excluding hydrogens is 338 g/mol. The normalized spacial score (nSPS) is 13.6. The van der Waals surface area contributed by atoms with Crippen molar-refractivity contribution >= 4 is 35.3 Å². The fourth-order valence-electron chi connectivity index (χ4n) is 2.24.